The fourth-order valence-corrected chi connectivity index (χ4v) is 6.44. The van der Waals surface area contributed by atoms with Gasteiger partial charge in [-0.2, -0.15) is 0 Å². The lowest BCUT2D eigenvalue weighted by molar-refractivity contribution is 0.0608. The van der Waals surface area contributed by atoms with Gasteiger partial charge in [0, 0.05) is 31.9 Å². The van der Waals surface area contributed by atoms with Gasteiger partial charge in [-0.15, -0.1) is 0 Å². The number of hydrogen-bond donors (Lipinski definition) is 1. The summed E-state index contributed by atoms with van der Waals surface area (Å²) in [5, 5.41) is 3.50. The van der Waals surface area contributed by atoms with E-state index in [0.29, 0.717) is 29.2 Å². The fourth-order valence-electron chi connectivity index (χ4n) is 6.44. The molecule has 6 rings (SSSR count). The number of amides is 2. The number of nitrogens with one attached hydrogen (secondary N) is 1. The molecule has 2 aliphatic heterocycles. The highest BCUT2D eigenvalue weighted by molar-refractivity contribution is 6.24. The van der Waals surface area contributed by atoms with E-state index in [1.165, 1.54) is 4.90 Å². The Morgan fingerprint density at radius 1 is 0.756 bits per heavy atom. The summed E-state index contributed by atoms with van der Waals surface area (Å²) in [4.78, 5) is 34.9. The van der Waals surface area contributed by atoms with Gasteiger partial charge in [0.15, 0.2) is 11.5 Å². The molecule has 0 saturated carbocycles. The Morgan fingerprint density at radius 3 is 2.31 bits per heavy atom. The second kappa shape index (κ2) is 13.4. The lowest BCUT2D eigenvalue weighted by Crippen LogP contribution is -2.35. The van der Waals surface area contributed by atoms with Crippen molar-refractivity contribution in [3.8, 4) is 11.5 Å². The van der Waals surface area contributed by atoms with Crippen molar-refractivity contribution in [1.82, 2.24) is 9.80 Å². The SMILES string of the molecule is CCN1CCCN(c2cccc3c2C(=O)N(C(c2cccc(NCc4ccccc4)c2)c2ccc(OC)c(OC)c2)C3=O)CC1. The van der Waals surface area contributed by atoms with E-state index in [2.05, 4.69) is 34.2 Å². The largest absolute Gasteiger partial charge is 0.493 e. The first kappa shape index (κ1) is 30.2. The van der Waals surface area contributed by atoms with Crippen LogP contribution >= 0.6 is 0 Å². The number of carbonyl (C=O) groups excluding carboxylic acids is 2. The van der Waals surface area contributed by atoms with Gasteiger partial charge < -0.3 is 24.6 Å². The smallest absolute Gasteiger partial charge is 0.264 e. The average Bonchev–Trinajstić information content (AvgIpc) is 3.22. The van der Waals surface area contributed by atoms with E-state index in [9.17, 15) is 9.59 Å². The summed E-state index contributed by atoms with van der Waals surface area (Å²) in [6, 6.07) is 28.6. The molecule has 1 unspecified atom stereocenters. The zero-order valence-corrected chi connectivity index (χ0v) is 26.2. The monoisotopic (exact) mass is 604 g/mol. The van der Waals surface area contributed by atoms with Gasteiger partial charge in [0.2, 0.25) is 0 Å². The van der Waals surface area contributed by atoms with E-state index in [0.717, 1.165) is 67.2 Å². The summed E-state index contributed by atoms with van der Waals surface area (Å²) < 4.78 is 11.1. The van der Waals surface area contributed by atoms with Crippen LogP contribution < -0.4 is 19.7 Å². The van der Waals surface area contributed by atoms with Crippen molar-refractivity contribution < 1.29 is 19.1 Å². The van der Waals surface area contributed by atoms with Crippen molar-refractivity contribution in [3.05, 3.63) is 119 Å². The van der Waals surface area contributed by atoms with Gasteiger partial charge in [-0.25, -0.2) is 0 Å². The van der Waals surface area contributed by atoms with E-state index >= 15 is 0 Å². The summed E-state index contributed by atoms with van der Waals surface area (Å²) >= 11 is 0. The van der Waals surface area contributed by atoms with Crippen LogP contribution in [0.1, 0.15) is 56.8 Å². The van der Waals surface area contributed by atoms with Gasteiger partial charge in [0.25, 0.3) is 11.8 Å². The number of fused-ring (bicyclic) bond motifs is 1. The molecule has 4 aromatic carbocycles. The summed E-state index contributed by atoms with van der Waals surface area (Å²) in [5.74, 6) is 0.514. The van der Waals surface area contributed by atoms with Crippen LogP contribution in [0.4, 0.5) is 11.4 Å². The molecule has 1 N–H and O–H groups in total. The highest BCUT2D eigenvalue weighted by atomic mass is 16.5. The molecule has 45 heavy (non-hydrogen) atoms. The molecule has 0 aliphatic carbocycles. The van der Waals surface area contributed by atoms with Crippen LogP contribution in [0.25, 0.3) is 0 Å². The van der Waals surface area contributed by atoms with Crippen LogP contribution in [-0.4, -0.2) is 68.6 Å². The standard InChI is InChI=1S/C37H40N4O4/c1-4-39-19-10-20-40(22-21-39)31-16-9-15-30-34(31)37(43)41(36(30)42)35(28-17-18-32(44-2)33(24-28)45-3)27-13-8-14-29(23-27)38-25-26-11-6-5-7-12-26/h5-9,11-18,23-24,35,38H,4,10,19-22,25H2,1-3H3. The van der Waals surface area contributed by atoms with Crippen LogP contribution in [-0.2, 0) is 6.54 Å². The van der Waals surface area contributed by atoms with Gasteiger partial charge >= 0.3 is 0 Å². The van der Waals surface area contributed by atoms with Crippen LogP contribution in [0.2, 0.25) is 0 Å². The van der Waals surface area contributed by atoms with Crippen molar-refractivity contribution >= 4 is 23.2 Å². The van der Waals surface area contributed by atoms with Gasteiger partial charge in [-0.05, 0) is 72.6 Å². The Balaban J connectivity index is 1.40. The van der Waals surface area contributed by atoms with Crippen molar-refractivity contribution in [2.24, 2.45) is 0 Å². The third kappa shape index (κ3) is 6.11. The van der Waals surface area contributed by atoms with Gasteiger partial charge in [0.05, 0.1) is 37.1 Å². The number of anilines is 2. The predicted molar refractivity (Wildman–Crippen MR) is 177 cm³/mol. The minimum Gasteiger partial charge on any atom is -0.493 e. The van der Waals surface area contributed by atoms with Crippen LogP contribution in [0.15, 0.2) is 91.0 Å². The minimum atomic E-state index is -0.691. The molecule has 1 fully saturated rings. The second-order valence-electron chi connectivity index (χ2n) is 11.4. The molecule has 0 bridgehead atoms. The first-order valence-electron chi connectivity index (χ1n) is 15.6. The Hall–Kier alpha value is -4.82. The number of methoxy groups -OCH3 is 2. The van der Waals surface area contributed by atoms with Crippen LogP contribution in [0, 0.1) is 0 Å². The van der Waals surface area contributed by atoms with E-state index in [1.807, 2.05) is 72.8 Å². The van der Waals surface area contributed by atoms with Crippen LogP contribution in [0.3, 0.4) is 0 Å². The molecule has 2 aliphatic rings. The molecule has 0 radical (unpaired) electrons. The van der Waals surface area contributed by atoms with Crippen molar-refractivity contribution in [3.63, 3.8) is 0 Å². The molecular formula is C37H40N4O4. The van der Waals surface area contributed by atoms with E-state index in [1.54, 1.807) is 20.3 Å². The maximum atomic E-state index is 14.5. The van der Waals surface area contributed by atoms with Gasteiger partial charge in [-0.1, -0.05) is 61.5 Å². The van der Waals surface area contributed by atoms with Gasteiger partial charge in [0.1, 0.15) is 0 Å². The minimum absolute atomic E-state index is 0.287. The summed E-state index contributed by atoms with van der Waals surface area (Å²) in [6.45, 7) is 7.41. The lowest BCUT2D eigenvalue weighted by atomic mass is 9.96. The summed E-state index contributed by atoms with van der Waals surface area (Å²) in [7, 11) is 3.17. The molecule has 2 amide bonds. The molecule has 1 saturated heterocycles. The Bertz CT molecular complexity index is 1670. The maximum Gasteiger partial charge on any atom is 0.264 e. The normalized spacial score (nSPS) is 15.9. The maximum absolute atomic E-state index is 14.5. The number of imide groups is 1. The quantitative estimate of drug-likeness (QED) is 0.215. The first-order chi connectivity index (χ1) is 22.0. The molecule has 4 aromatic rings. The molecule has 0 spiro atoms. The highest BCUT2D eigenvalue weighted by Gasteiger charge is 2.43. The van der Waals surface area contributed by atoms with Crippen molar-refractivity contribution in [2.75, 3.05) is 57.2 Å². The second-order valence-corrected chi connectivity index (χ2v) is 11.4. The molecule has 8 nitrogen and oxygen atoms in total. The molecule has 2 heterocycles. The number of ether oxygens (including phenoxy) is 2. The zero-order valence-electron chi connectivity index (χ0n) is 26.2. The predicted octanol–water partition coefficient (Wildman–Crippen LogP) is 6.23. The average molecular weight is 605 g/mol. The number of benzene rings is 4. The topological polar surface area (TPSA) is 74.3 Å². The number of nitrogens with zero attached hydrogens (tertiary/aromatic N) is 3. The summed E-state index contributed by atoms with van der Waals surface area (Å²) in [6.07, 6.45) is 1.00. The van der Waals surface area contributed by atoms with Crippen molar-refractivity contribution in [2.45, 2.75) is 25.9 Å². The number of likely N-dealkylation sites (N-methyl/N-ethyl adjacent to an activating group) is 1. The van der Waals surface area contributed by atoms with E-state index in [-0.39, 0.29) is 11.8 Å². The number of hydrogen-bond acceptors (Lipinski definition) is 7. The highest BCUT2D eigenvalue weighted by Crippen LogP contribution is 2.42. The number of carbonyl (C=O) groups is 2. The van der Waals surface area contributed by atoms with Crippen molar-refractivity contribution in [1.29, 1.82) is 0 Å². The summed E-state index contributed by atoms with van der Waals surface area (Å²) in [5.41, 5.74) is 5.36. The Kier molecular flexibility index (Phi) is 9.03. The third-order valence-electron chi connectivity index (χ3n) is 8.82. The van der Waals surface area contributed by atoms with E-state index in [4.69, 9.17) is 9.47 Å². The molecular weight excluding hydrogens is 564 g/mol. The first-order valence-corrected chi connectivity index (χ1v) is 15.6. The Labute approximate surface area is 265 Å². The van der Waals surface area contributed by atoms with Gasteiger partial charge in [-0.3, -0.25) is 14.5 Å². The lowest BCUT2D eigenvalue weighted by Gasteiger charge is -2.29. The Morgan fingerprint density at radius 2 is 1.53 bits per heavy atom. The fraction of sp³-hybridized carbons (Fsp3) is 0.297. The van der Waals surface area contributed by atoms with E-state index < -0.39 is 6.04 Å². The molecule has 232 valence electrons. The number of rotatable bonds is 10. The third-order valence-corrected chi connectivity index (χ3v) is 8.82. The van der Waals surface area contributed by atoms with Crippen LogP contribution in [0.5, 0.6) is 11.5 Å². The zero-order chi connectivity index (χ0) is 31.3. The molecule has 1 atom stereocenters. The molecule has 8 heteroatoms. The molecule has 0 aromatic heterocycles.